The van der Waals surface area contributed by atoms with Crippen molar-refractivity contribution in [3.63, 3.8) is 0 Å². The summed E-state index contributed by atoms with van der Waals surface area (Å²) in [6, 6.07) is 6.43. The second-order valence-corrected chi connectivity index (χ2v) is 5.87. The third-order valence-corrected chi connectivity index (χ3v) is 3.73. The molecule has 0 fully saturated rings. The maximum absolute atomic E-state index is 13.6. The van der Waals surface area contributed by atoms with Gasteiger partial charge in [-0.1, -0.05) is 11.6 Å². The number of nitrogens with two attached hydrogens (primary N) is 1. The fourth-order valence-electron chi connectivity index (χ4n) is 1.80. The number of hydrogen-bond acceptors (Lipinski definition) is 2. The van der Waals surface area contributed by atoms with Gasteiger partial charge in [-0.2, -0.15) is 0 Å². The van der Waals surface area contributed by atoms with E-state index in [2.05, 4.69) is 0 Å². The summed E-state index contributed by atoms with van der Waals surface area (Å²) >= 11 is 7.85. The number of anilines is 1. The molecule has 0 radical (unpaired) electrons. The van der Waals surface area contributed by atoms with Gasteiger partial charge in [0.2, 0.25) is 0 Å². The molecule has 0 bridgehead atoms. The fraction of sp³-hybridized carbons (Fsp3) is 0.143. The van der Waals surface area contributed by atoms with Crippen LogP contribution in [-0.2, 0) is 0 Å². The van der Waals surface area contributed by atoms with Crippen molar-refractivity contribution in [3.8, 4) is 11.5 Å². The zero-order chi connectivity index (χ0) is 14.2. The van der Waals surface area contributed by atoms with Crippen molar-refractivity contribution in [2.45, 2.75) is 13.8 Å². The van der Waals surface area contributed by atoms with Crippen LogP contribution in [0.5, 0.6) is 11.5 Å². The van der Waals surface area contributed by atoms with Crippen molar-refractivity contribution in [1.29, 1.82) is 0 Å². The quantitative estimate of drug-likeness (QED) is 0.573. The van der Waals surface area contributed by atoms with Gasteiger partial charge in [-0.05, 0) is 65.8 Å². The molecular formula is C14H12ClFINO. The van der Waals surface area contributed by atoms with E-state index in [4.69, 9.17) is 22.1 Å². The van der Waals surface area contributed by atoms with Crippen LogP contribution < -0.4 is 10.5 Å². The molecule has 0 unspecified atom stereocenters. The molecule has 100 valence electrons. The Morgan fingerprint density at radius 3 is 2.32 bits per heavy atom. The second-order valence-electron chi connectivity index (χ2n) is 4.27. The van der Waals surface area contributed by atoms with Gasteiger partial charge in [0, 0.05) is 11.1 Å². The van der Waals surface area contributed by atoms with Crippen LogP contribution in [0.1, 0.15) is 11.1 Å². The minimum Gasteiger partial charge on any atom is -0.455 e. The summed E-state index contributed by atoms with van der Waals surface area (Å²) in [6.45, 7) is 3.76. The molecule has 0 aliphatic heterocycles. The summed E-state index contributed by atoms with van der Waals surface area (Å²) in [5.41, 5.74) is 8.00. The number of hydrogen-bond donors (Lipinski definition) is 1. The number of nitrogen functional groups attached to an aromatic ring is 1. The molecule has 0 aliphatic carbocycles. The summed E-state index contributed by atoms with van der Waals surface area (Å²) in [6.07, 6.45) is 0. The third kappa shape index (κ3) is 3.12. The normalized spacial score (nSPS) is 10.6. The standard InChI is InChI=1S/C14H12ClFINO/c1-7-3-9(15)4-8(2)14(7)19-13-5-10(16)11(17)6-12(13)18/h3-6H,18H2,1-2H3. The zero-order valence-corrected chi connectivity index (χ0v) is 13.3. The van der Waals surface area contributed by atoms with Gasteiger partial charge in [0.25, 0.3) is 0 Å². The first-order valence-corrected chi connectivity index (χ1v) is 7.03. The van der Waals surface area contributed by atoms with E-state index >= 15 is 0 Å². The first-order chi connectivity index (χ1) is 8.88. The lowest BCUT2D eigenvalue weighted by Gasteiger charge is -2.14. The smallest absolute Gasteiger partial charge is 0.153 e. The van der Waals surface area contributed by atoms with Gasteiger partial charge in [0.15, 0.2) is 5.75 Å². The molecule has 5 heteroatoms. The average molecular weight is 392 g/mol. The van der Waals surface area contributed by atoms with E-state index in [1.165, 1.54) is 6.07 Å². The Balaban J connectivity index is 2.45. The molecule has 0 amide bonds. The van der Waals surface area contributed by atoms with Crippen molar-refractivity contribution < 1.29 is 9.13 Å². The summed E-state index contributed by atoms with van der Waals surface area (Å²) < 4.78 is 19.8. The van der Waals surface area contributed by atoms with Gasteiger partial charge in [-0.3, -0.25) is 0 Å². The van der Waals surface area contributed by atoms with Crippen LogP contribution in [0, 0.1) is 23.2 Å². The van der Waals surface area contributed by atoms with Crippen LogP contribution >= 0.6 is 34.2 Å². The van der Waals surface area contributed by atoms with Gasteiger partial charge in [-0.15, -0.1) is 0 Å². The monoisotopic (exact) mass is 391 g/mol. The van der Waals surface area contributed by atoms with E-state index in [1.807, 2.05) is 36.4 Å². The SMILES string of the molecule is Cc1cc(Cl)cc(C)c1Oc1cc(F)c(I)cc1N. The molecule has 0 atom stereocenters. The fourth-order valence-corrected chi connectivity index (χ4v) is 2.62. The van der Waals surface area contributed by atoms with Crippen molar-refractivity contribution in [1.82, 2.24) is 0 Å². The van der Waals surface area contributed by atoms with Crippen LogP contribution in [0.15, 0.2) is 24.3 Å². The molecule has 0 spiro atoms. The van der Waals surface area contributed by atoms with Crippen LogP contribution in [0.25, 0.3) is 0 Å². The Morgan fingerprint density at radius 1 is 1.16 bits per heavy atom. The summed E-state index contributed by atoms with van der Waals surface area (Å²) in [5, 5.41) is 0.643. The van der Waals surface area contributed by atoms with Crippen molar-refractivity contribution in [2.24, 2.45) is 0 Å². The maximum Gasteiger partial charge on any atom is 0.153 e. The van der Waals surface area contributed by atoms with Gasteiger partial charge in [-0.25, -0.2) is 4.39 Å². The van der Waals surface area contributed by atoms with Crippen molar-refractivity contribution in [2.75, 3.05) is 5.73 Å². The summed E-state index contributed by atoms with van der Waals surface area (Å²) in [5.74, 6) is 0.609. The number of ether oxygens (including phenoxy) is 1. The largest absolute Gasteiger partial charge is 0.455 e. The summed E-state index contributed by atoms with van der Waals surface area (Å²) in [7, 11) is 0. The number of rotatable bonds is 2. The van der Waals surface area contributed by atoms with E-state index < -0.39 is 0 Å². The highest BCUT2D eigenvalue weighted by Gasteiger charge is 2.12. The molecule has 2 nitrogen and oxygen atoms in total. The number of aryl methyl sites for hydroxylation is 2. The maximum atomic E-state index is 13.6. The highest BCUT2D eigenvalue weighted by Crippen LogP contribution is 2.35. The third-order valence-electron chi connectivity index (χ3n) is 2.69. The van der Waals surface area contributed by atoms with E-state index in [0.29, 0.717) is 25.8 Å². The van der Waals surface area contributed by atoms with Crippen molar-refractivity contribution in [3.05, 3.63) is 49.8 Å². The first kappa shape index (κ1) is 14.4. The Hall–Kier alpha value is -1.01. The molecule has 2 rings (SSSR count). The lowest BCUT2D eigenvalue weighted by molar-refractivity contribution is 0.471. The minimum atomic E-state index is -0.353. The molecule has 0 aliphatic rings. The molecule has 19 heavy (non-hydrogen) atoms. The minimum absolute atomic E-state index is 0.312. The molecule has 0 saturated carbocycles. The topological polar surface area (TPSA) is 35.2 Å². The Labute approximate surface area is 129 Å². The highest BCUT2D eigenvalue weighted by atomic mass is 127. The Kier molecular flexibility index (Phi) is 4.20. The summed E-state index contributed by atoms with van der Waals surface area (Å²) in [4.78, 5) is 0. The Morgan fingerprint density at radius 2 is 1.74 bits per heavy atom. The predicted octanol–water partition coefficient (Wildman–Crippen LogP) is 5.08. The molecule has 0 saturated heterocycles. The molecular weight excluding hydrogens is 380 g/mol. The molecule has 2 aromatic carbocycles. The van der Waals surface area contributed by atoms with Gasteiger partial charge in [0.1, 0.15) is 11.6 Å². The van der Waals surface area contributed by atoms with E-state index in [-0.39, 0.29) is 5.82 Å². The van der Waals surface area contributed by atoms with E-state index in [9.17, 15) is 4.39 Å². The van der Waals surface area contributed by atoms with Gasteiger partial charge < -0.3 is 10.5 Å². The Bertz CT molecular complexity index is 623. The van der Waals surface area contributed by atoms with Crippen LogP contribution in [0.3, 0.4) is 0 Å². The lowest BCUT2D eigenvalue weighted by Crippen LogP contribution is -1.97. The lowest BCUT2D eigenvalue weighted by atomic mass is 10.1. The van der Waals surface area contributed by atoms with E-state index in [1.54, 1.807) is 18.2 Å². The average Bonchev–Trinajstić information content (AvgIpc) is 2.29. The predicted molar refractivity (Wildman–Crippen MR) is 84.5 cm³/mol. The zero-order valence-electron chi connectivity index (χ0n) is 10.4. The van der Waals surface area contributed by atoms with Crippen LogP contribution in [0.4, 0.5) is 10.1 Å². The second kappa shape index (κ2) is 5.54. The van der Waals surface area contributed by atoms with Crippen molar-refractivity contribution >= 4 is 39.9 Å². The van der Waals surface area contributed by atoms with Crippen LogP contribution in [0.2, 0.25) is 5.02 Å². The highest BCUT2D eigenvalue weighted by molar-refractivity contribution is 14.1. The number of benzene rings is 2. The van der Waals surface area contributed by atoms with Gasteiger partial charge in [0.05, 0.1) is 9.26 Å². The molecule has 0 heterocycles. The van der Waals surface area contributed by atoms with Crippen LogP contribution in [-0.4, -0.2) is 0 Å². The molecule has 2 N–H and O–H groups in total. The molecule has 0 aromatic heterocycles. The molecule has 2 aromatic rings. The number of halogens is 3. The first-order valence-electron chi connectivity index (χ1n) is 5.57. The van der Waals surface area contributed by atoms with E-state index in [0.717, 1.165) is 11.1 Å². The van der Waals surface area contributed by atoms with Gasteiger partial charge >= 0.3 is 0 Å².